The first-order valence-corrected chi connectivity index (χ1v) is 10.7. The Bertz CT molecular complexity index is 1380. The van der Waals surface area contributed by atoms with Crippen LogP contribution in [-0.2, 0) is 25.3 Å². The molecule has 164 valence electrons. The first-order chi connectivity index (χ1) is 15.3. The van der Waals surface area contributed by atoms with Crippen molar-refractivity contribution in [3.63, 3.8) is 0 Å². The minimum atomic E-state index is -1.59. The zero-order valence-corrected chi connectivity index (χ0v) is 18.3. The first-order valence-electron chi connectivity index (χ1n) is 10.7. The second kappa shape index (κ2) is 7.56. The molecule has 2 N–H and O–H groups in total. The van der Waals surface area contributed by atoms with Crippen LogP contribution in [0.5, 0.6) is 0 Å². The molecule has 0 bridgehead atoms. The van der Waals surface area contributed by atoms with Crippen LogP contribution in [0.3, 0.4) is 0 Å². The number of alkyl halides is 1. The fourth-order valence-corrected chi connectivity index (χ4v) is 4.14. The topological polar surface area (TPSA) is 76.8 Å². The maximum atomic E-state index is 14.6. The molecule has 0 fully saturated rings. The summed E-state index contributed by atoms with van der Waals surface area (Å²) in [5.74, 6) is 1.11. The fourth-order valence-electron chi connectivity index (χ4n) is 4.14. The summed E-state index contributed by atoms with van der Waals surface area (Å²) in [7, 11) is 0. The number of rotatable bonds is 5. The number of pyridine rings is 2. The van der Waals surface area contributed by atoms with E-state index >= 15 is 0 Å². The zero-order chi connectivity index (χ0) is 22.5. The predicted octanol–water partition coefficient (Wildman–Crippen LogP) is 4.15. The van der Waals surface area contributed by atoms with Crippen LogP contribution in [0.1, 0.15) is 37.6 Å². The molecule has 5 rings (SSSR count). The van der Waals surface area contributed by atoms with Crippen molar-refractivity contribution in [1.82, 2.24) is 24.6 Å². The molecule has 0 radical (unpaired) electrons. The molecule has 0 amide bonds. The molecule has 7 nitrogen and oxygen atoms in total. The van der Waals surface area contributed by atoms with E-state index in [1.54, 1.807) is 33.8 Å². The van der Waals surface area contributed by atoms with E-state index in [9.17, 15) is 9.18 Å². The summed E-state index contributed by atoms with van der Waals surface area (Å²) < 4.78 is 17.9. The Labute approximate surface area is 184 Å². The number of hydrogen-bond acceptors (Lipinski definition) is 5. The Kier molecular flexibility index (Phi) is 4.82. The fraction of sp³-hybridized carbons (Fsp3) is 0.292. The van der Waals surface area contributed by atoms with Crippen LogP contribution in [0.4, 0.5) is 15.9 Å². The highest BCUT2D eigenvalue weighted by Gasteiger charge is 2.22. The van der Waals surface area contributed by atoms with Crippen molar-refractivity contribution in [3.05, 3.63) is 75.8 Å². The molecule has 0 unspecified atom stereocenters. The monoisotopic (exact) mass is 432 g/mol. The Balaban J connectivity index is 1.62. The molecule has 0 spiro atoms. The van der Waals surface area contributed by atoms with Gasteiger partial charge in [0, 0.05) is 37.6 Å². The minimum absolute atomic E-state index is 0.156. The van der Waals surface area contributed by atoms with E-state index in [4.69, 9.17) is 0 Å². The summed E-state index contributed by atoms with van der Waals surface area (Å²) in [6.45, 7) is 7.02. The van der Waals surface area contributed by atoms with Gasteiger partial charge in [0.05, 0.1) is 16.6 Å². The summed E-state index contributed by atoms with van der Waals surface area (Å²) in [5.41, 5.74) is 2.73. The number of nitrogens with zero attached hydrogens (tertiary/aromatic N) is 4. The zero-order valence-electron chi connectivity index (χ0n) is 18.3. The Hall–Kier alpha value is -3.52. The van der Waals surface area contributed by atoms with Gasteiger partial charge >= 0.3 is 0 Å². The number of aromatic nitrogens is 4. The number of hydrogen-bond donors (Lipinski definition) is 2. The van der Waals surface area contributed by atoms with Gasteiger partial charge in [-0.05, 0) is 56.2 Å². The van der Waals surface area contributed by atoms with Gasteiger partial charge in [-0.3, -0.25) is 4.79 Å². The van der Waals surface area contributed by atoms with Gasteiger partial charge in [0.15, 0.2) is 5.82 Å². The average Bonchev–Trinajstić information content (AvgIpc) is 3.34. The maximum absolute atomic E-state index is 14.6. The molecule has 0 atom stereocenters. The standard InChI is InChI=1S/C24H25FN6O/c1-4-30-23(32)18-14-27-21(28-17-9-8-15-12-26-13-16(15)10-17)11-19(18)31(30)22-7-5-6-20(29-22)24(2,3)25/h5-11,14,26H,4,12-13H2,1-3H3,(H,27,28). The summed E-state index contributed by atoms with van der Waals surface area (Å²) in [6.07, 6.45) is 1.58. The van der Waals surface area contributed by atoms with Gasteiger partial charge in [-0.25, -0.2) is 23.7 Å². The van der Waals surface area contributed by atoms with E-state index in [2.05, 4.69) is 32.7 Å². The third-order valence-corrected chi connectivity index (χ3v) is 5.79. The van der Waals surface area contributed by atoms with Crippen molar-refractivity contribution in [2.45, 2.75) is 46.1 Å². The van der Waals surface area contributed by atoms with E-state index in [1.165, 1.54) is 25.0 Å². The van der Waals surface area contributed by atoms with Gasteiger partial charge in [0.25, 0.3) is 5.56 Å². The van der Waals surface area contributed by atoms with E-state index in [-0.39, 0.29) is 5.56 Å². The van der Waals surface area contributed by atoms with Crippen LogP contribution >= 0.6 is 0 Å². The lowest BCUT2D eigenvalue weighted by Gasteiger charge is -2.16. The summed E-state index contributed by atoms with van der Waals surface area (Å²) in [6, 6.07) is 13.3. The van der Waals surface area contributed by atoms with Crippen LogP contribution in [0.15, 0.2) is 53.5 Å². The van der Waals surface area contributed by atoms with Crippen molar-refractivity contribution in [3.8, 4) is 5.82 Å². The van der Waals surface area contributed by atoms with Gasteiger partial charge in [0.2, 0.25) is 0 Å². The lowest BCUT2D eigenvalue weighted by atomic mass is 10.1. The van der Waals surface area contributed by atoms with E-state index in [0.29, 0.717) is 34.8 Å². The normalized spacial score (nSPS) is 13.5. The van der Waals surface area contributed by atoms with E-state index < -0.39 is 5.67 Å². The van der Waals surface area contributed by atoms with Gasteiger partial charge in [-0.1, -0.05) is 12.1 Å². The molecule has 1 aliphatic heterocycles. The molecule has 1 aliphatic rings. The highest BCUT2D eigenvalue weighted by molar-refractivity contribution is 5.82. The molecule has 32 heavy (non-hydrogen) atoms. The highest BCUT2D eigenvalue weighted by Crippen LogP contribution is 2.26. The molecule has 4 aromatic rings. The van der Waals surface area contributed by atoms with Crippen molar-refractivity contribution in [1.29, 1.82) is 0 Å². The van der Waals surface area contributed by atoms with E-state index in [0.717, 1.165) is 18.8 Å². The van der Waals surface area contributed by atoms with Gasteiger partial charge < -0.3 is 10.6 Å². The molecule has 0 saturated heterocycles. The number of fused-ring (bicyclic) bond motifs is 2. The number of anilines is 2. The number of benzene rings is 1. The summed E-state index contributed by atoms with van der Waals surface area (Å²) >= 11 is 0. The van der Waals surface area contributed by atoms with Crippen LogP contribution in [0.2, 0.25) is 0 Å². The molecule has 0 aliphatic carbocycles. The van der Waals surface area contributed by atoms with Crippen LogP contribution < -0.4 is 16.2 Å². The van der Waals surface area contributed by atoms with Crippen LogP contribution in [-0.4, -0.2) is 19.3 Å². The lowest BCUT2D eigenvalue weighted by molar-refractivity contribution is 0.214. The Morgan fingerprint density at radius 2 is 1.97 bits per heavy atom. The number of nitrogens with one attached hydrogen (secondary N) is 2. The predicted molar refractivity (Wildman–Crippen MR) is 123 cm³/mol. The SMILES string of the molecule is CCn1c(=O)c2cnc(Nc3ccc4c(c3)CNC4)cc2n1-c1cccc(C(C)(C)F)n1. The third-order valence-electron chi connectivity index (χ3n) is 5.79. The Morgan fingerprint density at radius 3 is 2.75 bits per heavy atom. The maximum Gasteiger partial charge on any atom is 0.276 e. The molecule has 3 aromatic heterocycles. The number of halogens is 1. The van der Waals surface area contributed by atoms with Gasteiger partial charge in [-0.2, -0.15) is 0 Å². The van der Waals surface area contributed by atoms with Gasteiger partial charge in [-0.15, -0.1) is 0 Å². The molecular formula is C24H25FN6O. The van der Waals surface area contributed by atoms with Gasteiger partial charge in [0.1, 0.15) is 11.5 Å². The van der Waals surface area contributed by atoms with Crippen molar-refractivity contribution in [2.75, 3.05) is 5.32 Å². The summed E-state index contributed by atoms with van der Waals surface area (Å²) in [4.78, 5) is 22.0. The average molecular weight is 433 g/mol. The van der Waals surface area contributed by atoms with E-state index in [1.807, 2.05) is 19.1 Å². The highest BCUT2D eigenvalue weighted by atomic mass is 19.1. The van der Waals surface area contributed by atoms with Crippen LogP contribution in [0.25, 0.3) is 16.7 Å². The molecule has 0 saturated carbocycles. The third kappa shape index (κ3) is 3.46. The van der Waals surface area contributed by atoms with Crippen molar-refractivity contribution < 1.29 is 4.39 Å². The second-order valence-corrected chi connectivity index (χ2v) is 8.48. The molecule has 4 heterocycles. The quantitative estimate of drug-likeness (QED) is 0.495. The molecular weight excluding hydrogens is 407 g/mol. The smallest absolute Gasteiger partial charge is 0.276 e. The lowest BCUT2D eigenvalue weighted by Crippen LogP contribution is -2.22. The second-order valence-electron chi connectivity index (χ2n) is 8.48. The molecule has 1 aromatic carbocycles. The van der Waals surface area contributed by atoms with Crippen LogP contribution in [0, 0.1) is 0 Å². The van der Waals surface area contributed by atoms with Crippen molar-refractivity contribution >= 4 is 22.4 Å². The summed E-state index contributed by atoms with van der Waals surface area (Å²) in [5, 5.41) is 7.17. The Morgan fingerprint density at radius 1 is 1.16 bits per heavy atom. The first kappa shape index (κ1) is 20.4. The largest absolute Gasteiger partial charge is 0.340 e. The minimum Gasteiger partial charge on any atom is -0.340 e. The van der Waals surface area contributed by atoms with Crippen molar-refractivity contribution in [2.24, 2.45) is 0 Å². The molecule has 8 heteroatoms.